The molecule has 0 amide bonds. The fourth-order valence-corrected chi connectivity index (χ4v) is 3.13. The van der Waals surface area contributed by atoms with E-state index in [1.807, 2.05) is 0 Å². The number of likely N-dealkylation sites (N-methyl/N-ethyl adjacent to an activating group) is 1. The molecule has 0 bridgehead atoms. The largest absolute Gasteiger partial charge is 0.363 e. The van der Waals surface area contributed by atoms with Crippen LogP contribution in [0.25, 0.3) is 0 Å². The topological polar surface area (TPSA) is 32.5 Å². The summed E-state index contributed by atoms with van der Waals surface area (Å²) < 4.78 is 0. The number of anilines is 1. The molecule has 0 spiro atoms. The Labute approximate surface area is 117 Å². The van der Waals surface area contributed by atoms with Crippen LogP contribution < -0.4 is 10.6 Å². The highest BCUT2D eigenvalue weighted by atomic mass is 15.3. The first-order valence-electron chi connectivity index (χ1n) is 7.11. The summed E-state index contributed by atoms with van der Waals surface area (Å²) >= 11 is 0. The second-order valence-corrected chi connectivity index (χ2v) is 6.45. The van der Waals surface area contributed by atoms with Crippen molar-refractivity contribution in [3.8, 4) is 0 Å². The molecule has 2 rings (SSSR count). The summed E-state index contributed by atoms with van der Waals surface area (Å²) in [6.45, 7) is 11.8. The Morgan fingerprint density at radius 2 is 2.00 bits per heavy atom. The molecule has 1 aromatic carbocycles. The molecule has 0 aromatic heterocycles. The van der Waals surface area contributed by atoms with E-state index in [9.17, 15) is 0 Å². The summed E-state index contributed by atoms with van der Waals surface area (Å²) in [5.74, 6) is 0. The van der Waals surface area contributed by atoms with Crippen molar-refractivity contribution in [3.05, 3.63) is 29.3 Å². The fraction of sp³-hybridized carbons (Fsp3) is 0.625. The average molecular weight is 261 g/mol. The number of nitrogens with zero attached hydrogens (tertiary/aromatic N) is 2. The van der Waals surface area contributed by atoms with Gasteiger partial charge in [0.05, 0.1) is 0 Å². The van der Waals surface area contributed by atoms with Crippen LogP contribution in [0.5, 0.6) is 0 Å². The molecule has 0 radical (unpaired) electrons. The lowest BCUT2D eigenvalue weighted by Crippen LogP contribution is -2.64. The molecule has 1 heterocycles. The van der Waals surface area contributed by atoms with Gasteiger partial charge in [0.15, 0.2) is 0 Å². The SMILES string of the molecule is Cc1cccc(N2CC(CN)N(C)CC2(C)C)c1C. The van der Waals surface area contributed by atoms with E-state index >= 15 is 0 Å². The minimum Gasteiger partial charge on any atom is -0.363 e. The maximum atomic E-state index is 5.92. The Morgan fingerprint density at radius 1 is 1.32 bits per heavy atom. The van der Waals surface area contributed by atoms with Gasteiger partial charge in [-0.2, -0.15) is 0 Å². The molecule has 2 N–H and O–H groups in total. The first-order chi connectivity index (χ1) is 8.86. The maximum Gasteiger partial charge on any atom is 0.0473 e. The number of piperazine rings is 1. The lowest BCUT2D eigenvalue weighted by molar-refractivity contribution is 0.155. The highest BCUT2D eigenvalue weighted by Gasteiger charge is 2.37. The van der Waals surface area contributed by atoms with Crippen molar-refractivity contribution < 1.29 is 0 Å². The van der Waals surface area contributed by atoms with Crippen molar-refractivity contribution >= 4 is 5.69 Å². The van der Waals surface area contributed by atoms with Crippen molar-refractivity contribution in [2.24, 2.45) is 5.73 Å². The standard InChI is InChI=1S/C16H27N3/c1-12-7-6-8-15(13(12)2)19-10-14(9-17)18(5)11-16(19,3)4/h6-8,14H,9-11,17H2,1-5H3. The number of aryl methyl sites for hydroxylation is 1. The third kappa shape index (κ3) is 2.63. The van der Waals surface area contributed by atoms with Crippen LogP contribution in [-0.2, 0) is 0 Å². The molecule has 1 atom stereocenters. The van der Waals surface area contributed by atoms with Crippen LogP contribution in [0.4, 0.5) is 5.69 Å². The number of hydrogen-bond acceptors (Lipinski definition) is 3. The van der Waals surface area contributed by atoms with E-state index in [1.54, 1.807) is 0 Å². The van der Waals surface area contributed by atoms with Crippen LogP contribution in [0.15, 0.2) is 18.2 Å². The molecule has 1 aliphatic heterocycles. The Kier molecular flexibility index (Phi) is 3.88. The lowest BCUT2D eigenvalue weighted by atomic mass is 9.93. The molecule has 19 heavy (non-hydrogen) atoms. The van der Waals surface area contributed by atoms with E-state index in [-0.39, 0.29) is 5.54 Å². The number of rotatable bonds is 2. The zero-order valence-electron chi connectivity index (χ0n) is 12.9. The van der Waals surface area contributed by atoms with Crippen LogP contribution in [0, 0.1) is 13.8 Å². The highest BCUT2D eigenvalue weighted by molar-refractivity contribution is 5.58. The van der Waals surface area contributed by atoms with Gasteiger partial charge in [-0.1, -0.05) is 12.1 Å². The smallest absolute Gasteiger partial charge is 0.0473 e. The molecule has 1 unspecified atom stereocenters. The van der Waals surface area contributed by atoms with Crippen molar-refractivity contribution in [2.45, 2.75) is 39.3 Å². The van der Waals surface area contributed by atoms with Gasteiger partial charge < -0.3 is 10.6 Å². The first kappa shape index (κ1) is 14.4. The second-order valence-electron chi connectivity index (χ2n) is 6.45. The Bertz CT molecular complexity index is 453. The predicted octanol–water partition coefficient (Wildman–Crippen LogP) is 2.16. The lowest BCUT2D eigenvalue weighted by Gasteiger charge is -2.51. The van der Waals surface area contributed by atoms with E-state index in [2.05, 4.69) is 62.7 Å². The van der Waals surface area contributed by atoms with Crippen molar-refractivity contribution in [3.63, 3.8) is 0 Å². The first-order valence-corrected chi connectivity index (χ1v) is 7.11. The fourth-order valence-electron chi connectivity index (χ4n) is 3.13. The number of hydrogen-bond donors (Lipinski definition) is 1. The third-order valence-electron chi connectivity index (χ3n) is 4.52. The van der Waals surface area contributed by atoms with Gasteiger partial charge in [-0.25, -0.2) is 0 Å². The molecule has 3 nitrogen and oxygen atoms in total. The minimum absolute atomic E-state index is 0.138. The molecule has 0 saturated carbocycles. The molecule has 1 saturated heterocycles. The van der Waals surface area contributed by atoms with Crippen LogP contribution >= 0.6 is 0 Å². The molecule has 0 aliphatic carbocycles. The van der Waals surface area contributed by atoms with Gasteiger partial charge in [0.2, 0.25) is 0 Å². The third-order valence-corrected chi connectivity index (χ3v) is 4.52. The van der Waals surface area contributed by atoms with E-state index < -0.39 is 0 Å². The molecule has 1 fully saturated rings. The van der Waals surface area contributed by atoms with Gasteiger partial charge in [-0.05, 0) is 51.9 Å². The minimum atomic E-state index is 0.138. The molecule has 1 aliphatic rings. The van der Waals surface area contributed by atoms with Gasteiger partial charge in [-0.3, -0.25) is 4.90 Å². The molecule has 1 aromatic rings. The summed E-state index contributed by atoms with van der Waals surface area (Å²) in [6, 6.07) is 7.02. The van der Waals surface area contributed by atoms with Crippen molar-refractivity contribution in [1.29, 1.82) is 0 Å². The zero-order chi connectivity index (χ0) is 14.2. The average Bonchev–Trinajstić information content (AvgIpc) is 2.33. The van der Waals surface area contributed by atoms with Gasteiger partial charge in [-0.15, -0.1) is 0 Å². The Hall–Kier alpha value is -1.06. The normalized spacial score (nSPS) is 23.7. The van der Waals surface area contributed by atoms with Gasteiger partial charge in [0.1, 0.15) is 0 Å². The van der Waals surface area contributed by atoms with Crippen molar-refractivity contribution in [2.75, 3.05) is 31.6 Å². The van der Waals surface area contributed by atoms with Gasteiger partial charge in [0.25, 0.3) is 0 Å². The van der Waals surface area contributed by atoms with Crippen LogP contribution in [0.1, 0.15) is 25.0 Å². The summed E-state index contributed by atoms with van der Waals surface area (Å²) in [6.07, 6.45) is 0. The Morgan fingerprint density at radius 3 is 2.63 bits per heavy atom. The zero-order valence-corrected chi connectivity index (χ0v) is 12.9. The van der Waals surface area contributed by atoms with Gasteiger partial charge in [0, 0.05) is 36.9 Å². The van der Waals surface area contributed by atoms with E-state index in [4.69, 9.17) is 5.73 Å². The number of nitrogens with two attached hydrogens (primary N) is 1. The highest BCUT2D eigenvalue weighted by Crippen LogP contribution is 2.32. The van der Waals surface area contributed by atoms with E-state index in [0.717, 1.165) is 13.1 Å². The van der Waals surface area contributed by atoms with E-state index in [1.165, 1.54) is 16.8 Å². The van der Waals surface area contributed by atoms with Crippen LogP contribution in [0.3, 0.4) is 0 Å². The number of benzene rings is 1. The summed E-state index contributed by atoms with van der Waals surface area (Å²) in [5, 5.41) is 0. The second kappa shape index (κ2) is 5.14. The molecular weight excluding hydrogens is 234 g/mol. The molecular formula is C16H27N3. The van der Waals surface area contributed by atoms with Crippen LogP contribution in [-0.4, -0.2) is 43.2 Å². The summed E-state index contributed by atoms with van der Waals surface area (Å²) in [7, 11) is 2.18. The monoisotopic (exact) mass is 261 g/mol. The molecule has 3 heteroatoms. The predicted molar refractivity (Wildman–Crippen MR) is 82.8 cm³/mol. The van der Waals surface area contributed by atoms with E-state index in [0.29, 0.717) is 12.6 Å². The summed E-state index contributed by atoms with van der Waals surface area (Å²) in [5.41, 5.74) is 10.2. The summed E-state index contributed by atoms with van der Waals surface area (Å²) in [4.78, 5) is 4.93. The van der Waals surface area contributed by atoms with Crippen molar-refractivity contribution in [1.82, 2.24) is 4.90 Å². The Balaban J connectivity index is 2.38. The van der Waals surface area contributed by atoms with Gasteiger partial charge >= 0.3 is 0 Å². The quantitative estimate of drug-likeness (QED) is 0.885. The molecule has 106 valence electrons. The maximum absolute atomic E-state index is 5.92. The van der Waals surface area contributed by atoms with Crippen LogP contribution in [0.2, 0.25) is 0 Å².